The number of hydrogen-bond acceptors (Lipinski definition) is 4. The van der Waals surface area contributed by atoms with E-state index >= 15 is 0 Å². The van der Waals surface area contributed by atoms with Crippen LogP contribution in [0.25, 0.3) is 6.08 Å². The van der Waals surface area contributed by atoms with Crippen LogP contribution in [0.4, 0.5) is 0 Å². The van der Waals surface area contributed by atoms with Gasteiger partial charge in [0.1, 0.15) is 12.0 Å². The molecule has 1 fully saturated rings. The highest BCUT2D eigenvalue weighted by Crippen LogP contribution is 2.18. The molecule has 0 aromatic heterocycles. The van der Waals surface area contributed by atoms with Gasteiger partial charge < -0.3 is 4.74 Å². The van der Waals surface area contributed by atoms with Gasteiger partial charge in [0.05, 0.1) is 12.7 Å². The summed E-state index contributed by atoms with van der Waals surface area (Å²) in [7, 11) is 2.02. The van der Waals surface area contributed by atoms with Crippen LogP contribution in [0, 0.1) is 0 Å². The van der Waals surface area contributed by atoms with E-state index in [2.05, 4.69) is 0 Å². The van der Waals surface area contributed by atoms with Crippen molar-refractivity contribution in [3.63, 3.8) is 0 Å². The average molecular weight is 360 g/mol. The van der Waals surface area contributed by atoms with Gasteiger partial charge in [0.15, 0.2) is 0 Å². The van der Waals surface area contributed by atoms with E-state index < -0.39 is 0 Å². The Morgan fingerprint density at radius 1 is 1.08 bits per heavy atom. The molecule has 1 aliphatic rings. The monoisotopic (exact) mass is 359 g/mol. The zero-order chi connectivity index (χ0) is 18.5. The molecule has 0 aliphatic carbocycles. The first-order chi connectivity index (χ1) is 12.8. The highest BCUT2D eigenvalue weighted by molar-refractivity contribution is 5.73. The van der Waals surface area contributed by atoms with E-state index in [9.17, 15) is 4.79 Å². The maximum Gasteiger partial charge on any atom is 0.142 e. The molecule has 0 N–H and O–H groups in total. The largest absolute Gasteiger partial charge is 0.494 e. The Bertz CT molecular complexity index is 527. The van der Waals surface area contributed by atoms with Gasteiger partial charge in [-0.15, -0.1) is 0 Å². The average Bonchev–Trinajstić information content (AvgIpc) is 3.07. The number of nitrogens with zero attached hydrogens (tertiary/aromatic N) is 1. The molecule has 1 aromatic rings. The third-order valence-electron chi connectivity index (χ3n) is 4.78. The van der Waals surface area contributed by atoms with Crippen LogP contribution in [0.15, 0.2) is 30.3 Å². The van der Waals surface area contributed by atoms with Crippen LogP contribution in [-0.4, -0.2) is 37.7 Å². The molecule has 1 unspecified atom stereocenters. The van der Waals surface area contributed by atoms with Crippen molar-refractivity contribution in [1.29, 1.82) is 0 Å². The predicted molar refractivity (Wildman–Crippen MR) is 106 cm³/mol. The summed E-state index contributed by atoms with van der Waals surface area (Å²) < 4.78 is 5.76. The standard InChI is InChI=1S/C22H33NO3/c1-23-17-16-22(26-23)11-7-5-3-2-4-6-8-19-25-21-14-12-20(13-15-21)10-9-18-24/h9-10,12-15,18,22H,2-8,11,16-17,19H2,1H3. The van der Waals surface area contributed by atoms with Gasteiger partial charge in [0.25, 0.3) is 0 Å². The molecule has 0 amide bonds. The highest BCUT2D eigenvalue weighted by atomic mass is 16.7. The number of rotatable bonds is 13. The number of unbranched alkanes of at least 4 members (excludes halogenated alkanes) is 6. The summed E-state index contributed by atoms with van der Waals surface area (Å²) in [5, 5.41) is 1.96. The molecule has 26 heavy (non-hydrogen) atoms. The molecule has 1 aromatic carbocycles. The third kappa shape index (κ3) is 8.63. The molecular weight excluding hydrogens is 326 g/mol. The van der Waals surface area contributed by atoms with Crippen molar-refractivity contribution in [2.24, 2.45) is 0 Å². The smallest absolute Gasteiger partial charge is 0.142 e. The fourth-order valence-corrected chi connectivity index (χ4v) is 3.26. The summed E-state index contributed by atoms with van der Waals surface area (Å²) in [5.74, 6) is 0.896. The number of carbonyl (C=O) groups is 1. The summed E-state index contributed by atoms with van der Waals surface area (Å²) >= 11 is 0. The minimum atomic E-state index is 0.465. The zero-order valence-corrected chi connectivity index (χ0v) is 16.1. The summed E-state index contributed by atoms with van der Waals surface area (Å²) in [6.07, 6.45) is 15.8. The van der Waals surface area contributed by atoms with Crippen molar-refractivity contribution in [2.75, 3.05) is 20.2 Å². The lowest BCUT2D eigenvalue weighted by atomic mass is 10.1. The lowest BCUT2D eigenvalue weighted by molar-refractivity contribution is -0.128. The van der Waals surface area contributed by atoms with Crippen molar-refractivity contribution in [1.82, 2.24) is 5.06 Å². The van der Waals surface area contributed by atoms with Gasteiger partial charge in [-0.3, -0.25) is 9.63 Å². The van der Waals surface area contributed by atoms with Crippen LogP contribution in [0.1, 0.15) is 63.4 Å². The Hall–Kier alpha value is -1.65. The second-order valence-electron chi connectivity index (χ2n) is 7.04. The van der Waals surface area contributed by atoms with E-state index in [0.717, 1.165) is 37.2 Å². The Kier molecular flexibility index (Phi) is 10.1. The van der Waals surface area contributed by atoms with Crippen molar-refractivity contribution >= 4 is 12.4 Å². The summed E-state index contributed by atoms with van der Waals surface area (Å²) in [6, 6.07) is 7.83. The minimum Gasteiger partial charge on any atom is -0.494 e. The molecule has 0 spiro atoms. The van der Waals surface area contributed by atoms with Gasteiger partial charge in [-0.1, -0.05) is 56.7 Å². The lowest BCUT2D eigenvalue weighted by Gasteiger charge is -2.11. The molecule has 1 heterocycles. The molecule has 1 aliphatic heterocycles. The van der Waals surface area contributed by atoms with E-state index in [4.69, 9.17) is 9.57 Å². The van der Waals surface area contributed by atoms with Crippen LogP contribution < -0.4 is 4.74 Å². The van der Waals surface area contributed by atoms with Crippen LogP contribution in [0.5, 0.6) is 5.75 Å². The van der Waals surface area contributed by atoms with Crippen LogP contribution in [0.2, 0.25) is 0 Å². The molecule has 1 atom stereocenters. The first-order valence-electron chi connectivity index (χ1n) is 10.0. The van der Waals surface area contributed by atoms with E-state index in [0.29, 0.717) is 6.10 Å². The maximum atomic E-state index is 10.3. The molecule has 1 saturated heterocycles. The Labute approximate surface area is 158 Å². The van der Waals surface area contributed by atoms with Gasteiger partial charge in [0, 0.05) is 13.6 Å². The predicted octanol–water partition coefficient (Wildman–Crippen LogP) is 5.03. The molecule has 0 saturated carbocycles. The first-order valence-corrected chi connectivity index (χ1v) is 10.0. The van der Waals surface area contributed by atoms with Crippen LogP contribution in [-0.2, 0) is 9.63 Å². The zero-order valence-electron chi connectivity index (χ0n) is 16.1. The van der Waals surface area contributed by atoms with Crippen molar-refractivity contribution in [2.45, 2.75) is 63.9 Å². The first kappa shape index (κ1) is 20.7. The Balaban J connectivity index is 1.40. The fourth-order valence-electron chi connectivity index (χ4n) is 3.26. The van der Waals surface area contributed by atoms with E-state index in [-0.39, 0.29) is 0 Å². The van der Waals surface area contributed by atoms with Gasteiger partial charge in [-0.25, -0.2) is 0 Å². The normalized spacial score (nSPS) is 17.8. The van der Waals surface area contributed by atoms with Gasteiger partial charge in [0.2, 0.25) is 0 Å². The molecule has 144 valence electrons. The highest BCUT2D eigenvalue weighted by Gasteiger charge is 2.19. The number of allylic oxidation sites excluding steroid dienone is 1. The lowest BCUT2D eigenvalue weighted by Crippen LogP contribution is -2.13. The molecule has 4 nitrogen and oxygen atoms in total. The summed E-state index contributed by atoms with van der Waals surface area (Å²) in [4.78, 5) is 16.0. The number of hydrogen-bond donors (Lipinski definition) is 0. The summed E-state index contributed by atoms with van der Waals surface area (Å²) in [5.41, 5.74) is 1.01. The van der Waals surface area contributed by atoms with Crippen molar-refractivity contribution in [3.8, 4) is 5.75 Å². The summed E-state index contributed by atoms with van der Waals surface area (Å²) in [6.45, 7) is 1.85. The number of aldehydes is 1. The molecule has 4 heteroatoms. The van der Waals surface area contributed by atoms with Gasteiger partial charge in [-0.05, 0) is 43.0 Å². The molecule has 0 bridgehead atoms. The Morgan fingerprint density at radius 3 is 2.42 bits per heavy atom. The van der Waals surface area contributed by atoms with Gasteiger partial charge in [-0.2, -0.15) is 5.06 Å². The fraction of sp³-hybridized carbons (Fsp3) is 0.591. The topological polar surface area (TPSA) is 38.8 Å². The van der Waals surface area contributed by atoms with Crippen LogP contribution in [0.3, 0.4) is 0 Å². The quantitative estimate of drug-likeness (QED) is 0.281. The van der Waals surface area contributed by atoms with E-state index in [1.54, 1.807) is 6.08 Å². The third-order valence-corrected chi connectivity index (χ3v) is 4.78. The van der Waals surface area contributed by atoms with Crippen molar-refractivity contribution < 1.29 is 14.4 Å². The maximum absolute atomic E-state index is 10.3. The number of ether oxygens (including phenoxy) is 1. The number of carbonyl (C=O) groups excluding carboxylic acids is 1. The second kappa shape index (κ2) is 12.7. The van der Waals surface area contributed by atoms with Gasteiger partial charge >= 0.3 is 0 Å². The number of hydroxylamine groups is 2. The second-order valence-corrected chi connectivity index (χ2v) is 7.04. The molecule has 2 rings (SSSR count). The number of benzene rings is 1. The van der Waals surface area contributed by atoms with E-state index in [1.165, 1.54) is 57.4 Å². The SMILES string of the molecule is CN1CCC(CCCCCCCCCOc2ccc(C=CC=O)cc2)O1. The Morgan fingerprint density at radius 2 is 1.77 bits per heavy atom. The van der Waals surface area contributed by atoms with Crippen molar-refractivity contribution in [3.05, 3.63) is 35.9 Å². The van der Waals surface area contributed by atoms with E-state index in [1.807, 2.05) is 36.4 Å². The molecule has 0 radical (unpaired) electrons. The molecular formula is C22H33NO3. The minimum absolute atomic E-state index is 0.465. The van der Waals surface area contributed by atoms with Crippen LogP contribution >= 0.6 is 0 Å².